The highest BCUT2D eigenvalue weighted by Crippen LogP contribution is 2.29. The Morgan fingerprint density at radius 3 is 2.95 bits per heavy atom. The second kappa shape index (κ2) is 6.47. The number of benzene rings is 1. The molecule has 1 aliphatic heterocycles. The lowest BCUT2D eigenvalue weighted by Crippen LogP contribution is -2.42. The molecule has 0 saturated carbocycles. The Hall–Kier alpha value is -1.69. The lowest BCUT2D eigenvalue weighted by Gasteiger charge is -2.31. The van der Waals surface area contributed by atoms with E-state index in [1.54, 1.807) is 6.08 Å². The molecule has 0 saturated heterocycles. The van der Waals surface area contributed by atoms with Crippen LogP contribution >= 0.6 is 0 Å². The van der Waals surface area contributed by atoms with Gasteiger partial charge in [0, 0.05) is 6.54 Å². The van der Waals surface area contributed by atoms with E-state index in [9.17, 15) is 4.79 Å². The Kier molecular flexibility index (Phi) is 4.68. The summed E-state index contributed by atoms with van der Waals surface area (Å²) in [6, 6.07) is 7.34. The topological polar surface area (TPSA) is 59.6 Å². The molecule has 1 aromatic rings. The van der Waals surface area contributed by atoms with E-state index < -0.39 is 6.04 Å². The summed E-state index contributed by atoms with van der Waals surface area (Å²) in [5, 5.41) is 3.16. The number of fused-ring (bicyclic) bond motifs is 1. The molecule has 0 bridgehead atoms. The van der Waals surface area contributed by atoms with Gasteiger partial charge >= 0.3 is 5.97 Å². The van der Waals surface area contributed by atoms with E-state index in [1.165, 1.54) is 7.11 Å². The molecule has 0 unspecified atom stereocenters. The van der Waals surface area contributed by atoms with E-state index in [2.05, 4.69) is 17.4 Å². The Labute approximate surface area is 112 Å². The van der Waals surface area contributed by atoms with Crippen molar-refractivity contribution in [3.8, 4) is 0 Å². The lowest BCUT2D eigenvalue weighted by molar-refractivity contribution is -0.143. The normalized spacial score (nSPS) is 21.5. The maximum atomic E-state index is 11.7. The number of hydrogen-bond acceptors (Lipinski definition) is 5. The molecule has 1 heterocycles. The maximum Gasteiger partial charge on any atom is 0.327 e. The fourth-order valence-corrected chi connectivity index (χ4v) is 2.19. The third kappa shape index (κ3) is 3.01. The van der Waals surface area contributed by atoms with Gasteiger partial charge in [0.05, 0.1) is 19.8 Å². The van der Waals surface area contributed by atoms with Crippen LogP contribution in [-0.4, -0.2) is 26.2 Å². The number of nitrogens with one attached hydrogen (secondary N) is 2. The second-order valence-corrected chi connectivity index (χ2v) is 4.26. The van der Waals surface area contributed by atoms with Gasteiger partial charge in [-0.3, -0.25) is 10.2 Å². The molecule has 2 atom stereocenters. The van der Waals surface area contributed by atoms with Crippen LogP contribution in [-0.2, 0) is 14.4 Å². The van der Waals surface area contributed by atoms with Crippen molar-refractivity contribution in [3.63, 3.8) is 0 Å². The maximum absolute atomic E-state index is 11.7. The first kappa shape index (κ1) is 13.7. The molecular weight excluding hydrogens is 244 g/mol. The molecule has 1 aliphatic rings. The van der Waals surface area contributed by atoms with Gasteiger partial charge in [0.25, 0.3) is 0 Å². The average Bonchev–Trinajstić information content (AvgIpc) is 2.47. The molecule has 0 radical (unpaired) electrons. The lowest BCUT2D eigenvalue weighted by atomic mass is 9.91. The SMILES string of the molecule is C=CCON[C@@H]1CN[C@@H](C(=O)OC)c2ccccc21. The van der Waals surface area contributed by atoms with Crippen molar-refractivity contribution in [2.75, 3.05) is 20.3 Å². The first-order valence-corrected chi connectivity index (χ1v) is 6.16. The standard InChI is InChI=1S/C14H18N2O3/c1-3-8-19-16-12-9-15-13(14(17)18-2)11-7-5-4-6-10(11)12/h3-7,12-13,15-16H,1,8-9H2,2H3/t12-,13-/m1/s1. The van der Waals surface area contributed by atoms with Gasteiger partial charge in [-0.25, -0.2) is 4.79 Å². The van der Waals surface area contributed by atoms with Crippen molar-refractivity contribution >= 4 is 5.97 Å². The van der Waals surface area contributed by atoms with Crippen LogP contribution in [0.5, 0.6) is 0 Å². The fourth-order valence-electron chi connectivity index (χ4n) is 2.19. The summed E-state index contributed by atoms with van der Waals surface area (Å²) < 4.78 is 4.81. The molecule has 0 fully saturated rings. The van der Waals surface area contributed by atoms with Gasteiger partial charge in [-0.15, -0.1) is 6.58 Å². The Morgan fingerprint density at radius 2 is 2.26 bits per heavy atom. The molecule has 5 nitrogen and oxygen atoms in total. The van der Waals surface area contributed by atoms with E-state index in [4.69, 9.17) is 9.57 Å². The molecule has 0 amide bonds. The van der Waals surface area contributed by atoms with Crippen molar-refractivity contribution in [2.24, 2.45) is 0 Å². The minimum absolute atomic E-state index is 0.00273. The van der Waals surface area contributed by atoms with Crippen LogP contribution in [0.1, 0.15) is 23.2 Å². The molecule has 19 heavy (non-hydrogen) atoms. The number of carbonyl (C=O) groups excluding carboxylic acids is 1. The number of carbonyl (C=O) groups is 1. The van der Waals surface area contributed by atoms with Crippen LogP contribution in [0.25, 0.3) is 0 Å². The van der Waals surface area contributed by atoms with Crippen LogP contribution in [0.2, 0.25) is 0 Å². The Morgan fingerprint density at radius 1 is 1.53 bits per heavy atom. The van der Waals surface area contributed by atoms with Crippen molar-refractivity contribution in [1.82, 2.24) is 10.8 Å². The molecule has 2 rings (SSSR count). The van der Waals surface area contributed by atoms with E-state index in [-0.39, 0.29) is 12.0 Å². The summed E-state index contributed by atoms with van der Waals surface area (Å²) in [6.45, 7) is 4.61. The van der Waals surface area contributed by atoms with Gasteiger partial charge in [0.1, 0.15) is 6.04 Å². The third-order valence-electron chi connectivity index (χ3n) is 3.07. The summed E-state index contributed by atoms with van der Waals surface area (Å²) in [5.74, 6) is -0.280. The van der Waals surface area contributed by atoms with E-state index >= 15 is 0 Å². The third-order valence-corrected chi connectivity index (χ3v) is 3.07. The van der Waals surface area contributed by atoms with Gasteiger partial charge in [-0.05, 0) is 11.1 Å². The highest BCUT2D eigenvalue weighted by molar-refractivity contribution is 5.78. The molecule has 0 spiro atoms. The van der Waals surface area contributed by atoms with Crippen LogP contribution in [0.3, 0.4) is 0 Å². The Bertz CT molecular complexity index is 462. The molecule has 0 aliphatic carbocycles. The van der Waals surface area contributed by atoms with Crippen molar-refractivity contribution in [3.05, 3.63) is 48.0 Å². The summed E-state index contributed by atoms with van der Waals surface area (Å²) >= 11 is 0. The number of methoxy groups -OCH3 is 1. The van der Waals surface area contributed by atoms with Crippen LogP contribution in [0.15, 0.2) is 36.9 Å². The first-order chi connectivity index (χ1) is 9.27. The van der Waals surface area contributed by atoms with E-state index in [0.717, 1.165) is 11.1 Å². The predicted octanol–water partition coefficient (Wildman–Crippen LogP) is 1.25. The van der Waals surface area contributed by atoms with E-state index in [1.807, 2.05) is 24.3 Å². The first-order valence-electron chi connectivity index (χ1n) is 6.16. The van der Waals surface area contributed by atoms with E-state index in [0.29, 0.717) is 13.2 Å². The minimum Gasteiger partial charge on any atom is -0.468 e. The summed E-state index contributed by atoms with van der Waals surface area (Å²) in [6.07, 6.45) is 1.67. The van der Waals surface area contributed by atoms with Crippen molar-refractivity contribution in [2.45, 2.75) is 12.1 Å². The van der Waals surface area contributed by atoms with Crippen molar-refractivity contribution < 1.29 is 14.4 Å². The van der Waals surface area contributed by atoms with Gasteiger partial charge in [-0.1, -0.05) is 30.3 Å². The minimum atomic E-state index is -0.418. The zero-order valence-electron chi connectivity index (χ0n) is 10.9. The number of ether oxygens (including phenoxy) is 1. The van der Waals surface area contributed by atoms with Gasteiger partial charge < -0.3 is 4.74 Å². The molecule has 102 valence electrons. The quantitative estimate of drug-likeness (QED) is 0.362. The summed E-state index contributed by atoms with van der Waals surface area (Å²) in [4.78, 5) is 17.0. The van der Waals surface area contributed by atoms with Crippen LogP contribution in [0.4, 0.5) is 0 Å². The van der Waals surface area contributed by atoms with Crippen LogP contribution < -0.4 is 10.8 Å². The molecule has 0 aromatic heterocycles. The Balaban J connectivity index is 2.19. The number of esters is 1. The molecule has 5 heteroatoms. The summed E-state index contributed by atoms with van der Waals surface area (Å²) in [7, 11) is 1.39. The molecule has 1 aromatic carbocycles. The monoisotopic (exact) mass is 262 g/mol. The zero-order chi connectivity index (χ0) is 13.7. The number of hydroxylamine groups is 1. The summed E-state index contributed by atoms with van der Waals surface area (Å²) in [5.41, 5.74) is 4.93. The molecule has 2 N–H and O–H groups in total. The number of hydrogen-bond donors (Lipinski definition) is 2. The smallest absolute Gasteiger partial charge is 0.327 e. The highest BCUT2D eigenvalue weighted by atomic mass is 16.6. The largest absolute Gasteiger partial charge is 0.468 e. The van der Waals surface area contributed by atoms with Gasteiger partial charge in [0.15, 0.2) is 0 Å². The van der Waals surface area contributed by atoms with Crippen molar-refractivity contribution in [1.29, 1.82) is 0 Å². The molecular formula is C14H18N2O3. The highest BCUT2D eigenvalue weighted by Gasteiger charge is 2.31. The van der Waals surface area contributed by atoms with Gasteiger partial charge in [-0.2, -0.15) is 5.48 Å². The fraction of sp³-hybridized carbons (Fsp3) is 0.357. The average molecular weight is 262 g/mol. The van der Waals surface area contributed by atoms with Crippen LogP contribution in [0, 0.1) is 0 Å². The van der Waals surface area contributed by atoms with Gasteiger partial charge in [0.2, 0.25) is 0 Å². The number of rotatable bonds is 5. The zero-order valence-corrected chi connectivity index (χ0v) is 10.9. The predicted molar refractivity (Wildman–Crippen MR) is 71.2 cm³/mol. The second-order valence-electron chi connectivity index (χ2n) is 4.26.